The second kappa shape index (κ2) is 3.14. The van der Waals surface area contributed by atoms with E-state index in [0.717, 1.165) is 17.2 Å². The number of aromatic amines is 1. The van der Waals surface area contributed by atoms with Gasteiger partial charge < -0.3 is 0 Å². The topological polar surface area (TPSA) is 41.6 Å². The van der Waals surface area contributed by atoms with Gasteiger partial charge in [0, 0.05) is 10.9 Å². The SMILES string of the molecule is Cc1nc(-c2csc(I)c2)n[nH]1. The maximum atomic E-state index is 4.23. The van der Waals surface area contributed by atoms with Crippen molar-refractivity contribution in [2.75, 3.05) is 0 Å². The van der Waals surface area contributed by atoms with Crippen molar-refractivity contribution in [3.05, 3.63) is 20.2 Å². The fourth-order valence-electron chi connectivity index (χ4n) is 0.899. The van der Waals surface area contributed by atoms with Crippen LogP contribution in [0.25, 0.3) is 11.4 Å². The largest absolute Gasteiger partial charge is 0.263 e. The number of H-pyrrole nitrogens is 1. The molecule has 2 aromatic rings. The van der Waals surface area contributed by atoms with Crippen molar-refractivity contribution in [1.82, 2.24) is 15.2 Å². The fourth-order valence-corrected chi connectivity index (χ4v) is 2.22. The van der Waals surface area contributed by atoms with Gasteiger partial charge in [0.2, 0.25) is 0 Å². The second-order valence-electron chi connectivity index (χ2n) is 2.38. The molecule has 0 unspecified atom stereocenters. The van der Waals surface area contributed by atoms with Crippen LogP contribution in [0.1, 0.15) is 5.82 Å². The maximum absolute atomic E-state index is 4.23. The fraction of sp³-hybridized carbons (Fsp3) is 0.143. The standard InChI is InChI=1S/C7H6IN3S/c1-4-9-7(11-10-4)5-2-6(8)12-3-5/h2-3H,1H3,(H,9,10,11). The van der Waals surface area contributed by atoms with Gasteiger partial charge in [0.25, 0.3) is 0 Å². The van der Waals surface area contributed by atoms with Gasteiger partial charge in [-0.15, -0.1) is 11.3 Å². The minimum Gasteiger partial charge on any atom is -0.263 e. The molecule has 0 saturated carbocycles. The molecule has 0 radical (unpaired) electrons. The highest BCUT2D eigenvalue weighted by molar-refractivity contribution is 14.1. The first-order chi connectivity index (χ1) is 5.75. The van der Waals surface area contributed by atoms with Crippen molar-refractivity contribution >= 4 is 33.9 Å². The van der Waals surface area contributed by atoms with E-state index in [1.54, 1.807) is 11.3 Å². The summed E-state index contributed by atoms with van der Waals surface area (Å²) in [6, 6.07) is 2.08. The lowest BCUT2D eigenvalue weighted by Crippen LogP contribution is -1.75. The number of hydrogen-bond acceptors (Lipinski definition) is 3. The van der Waals surface area contributed by atoms with Gasteiger partial charge in [-0.3, -0.25) is 5.10 Å². The number of aromatic nitrogens is 3. The lowest BCUT2D eigenvalue weighted by atomic mass is 10.3. The van der Waals surface area contributed by atoms with Crippen LogP contribution in [-0.4, -0.2) is 15.2 Å². The molecule has 0 fully saturated rings. The van der Waals surface area contributed by atoms with E-state index in [1.807, 2.05) is 6.92 Å². The van der Waals surface area contributed by atoms with Crippen LogP contribution in [0, 0.1) is 9.81 Å². The van der Waals surface area contributed by atoms with Crippen molar-refractivity contribution in [2.24, 2.45) is 0 Å². The van der Waals surface area contributed by atoms with Crippen LogP contribution < -0.4 is 0 Å². The van der Waals surface area contributed by atoms with E-state index in [9.17, 15) is 0 Å². The van der Waals surface area contributed by atoms with Gasteiger partial charge in [-0.1, -0.05) is 0 Å². The Labute approximate surface area is 87.4 Å². The summed E-state index contributed by atoms with van der Waals surface area (Å²) in [5.41, 5.74) is 1.09. The van der Waals surface area contributed by atoms with Crippen LogP contribution in [0.3, 0.4) is 0 Å². The Kier molecular flexibility index (Phi) is 2.14. The Morgan fingerprint density at radius 2 is 2.42 bits per heavy atom. The Morgan fingerprint density at radius 3 is 2.92 bits per heavy atom. The summed E-state index contributed by atoms with van der Waals surface area (Å²) in [7, 11) is 0. The molecule has 0 aliphatic heterocycles. The van der Waals surface area contributed by atoms with E-state index in [-0.39, 0.29) is 0 Å². The Balaban J connectivity index is 2.43. The molecule has 3 nitrogen and oxygen atoms in total. The predicted molar refractivity (Wildman–Crippen MR) is 57.1 cm³/mol. The molecular formula is C7H6IN3S. The smallest absolute Gasteiger partial charge is 0.181 e. The van der Waals surface area contributed by atoms with E-state index in [4.69, 9.17) is 0 Å². The highest BCUT2D eigenvalue weighted by Gasteiger charge is 2.04. The number of halogens is 1. The first kappa shape index (κ1) is 8.18. The van der Waals surface area contributed by atoms with Crippen LogP contribution >= 0.6 is 33.9 Å². The van der Waals surface area contributed by atoms with Crippen LogP contribution in [0.5, 0.6) is 0 Å². The zero-order chi connectivity index (χ0) is 8.55. The first-order valence-electron chi connectivity index (χ1n) is 3.39. The van der Waals surface area contributed by atoms with E-state index >= 15 is 0 Å². The molecule has 0 atom stereocenters. The third kappa shape index (κ3) is 1.51. The van der Waals surface area contributed by atoms with Gasteiger partial charge in [0.1, 0.15) is 5.82 Å². The zero-order valence-corrected chi connectivity index (χ0v) is 9.31. The Hall–Kier alpha value is -0.430. The molecule has 0 bridgehead atoms. The molecule has 1 N–H and O–H groups in total. The lowest BCUT2D eigenvalue weighted by Gasteiger charge is -1.83. The molecule has 62 valence electrons. The van der Waals surface area contributed by atoms with Crippen molar-refractivity contribution < 1.29 is 0 Å². The van der Waals surface area contributed by atoms with Gasteiger partial charge in [0.05, 0.1) is 2.88 Å². The Bertz CT molecular complexity index is 355. The molecule has 5 heteroatoms. The lowest BCUT2D eigenvalue weighted by molar-refractivity contribution is 1.04. The molecule has 2 heterocycles. The van der Waals surface area contributed by atoms with Crippen LogP contribution in [0.15, 0.2) is 11.4 Å². The van der Waals surface area contributed by atoms with Gasteiger partial charge in [0.15, 0.2) is 5.82 Å². The molecule has 0 aliphatic carbocycles. The number of nitrogens with zero attached hydrogens (tertiary/aromatic N) is 2. The van der Waals surface area contributed by atoms with Crippen molar-refractivity contribution in [2.45, 2.75) is 6.92 Å². The van der Waals surface area contributed by atoms with Gasteiger partial charge >= 0.3 is 0 Å². The molecular weight excluding hydrogens is 285 g/mol. The quantitative estimate of drug-likeness (QED) is 0.820. The van der Waals surface area contributed by atoms with Crippen LogP contribution in [0.2, 0.25) is 0 Å². The molecule has 12 heavy (non-hydrogen) atoms. The minimum absolute atomic E-state index is 0.784. The van der Waals surface area contributed by atoms with Crippen molar-refractivity contribution in [3.63, 3.8) is 0 Å². The third-order valence-corrected chi connectivity index (χ3v) is 3.21. The van der Waals surface area contributed by atoms with E-state index < -0.39 is 0 Å². The minimum atomic E-state index is 0.784. The molecule has 0 aromatic carbocycles. The van der Waals surface area contributed by atoms with E-state index in [2.05, 4.69) is 49.2 Å². The first-order valence-corrected chi connectivity index (χ1v) is 5.35. The maximum Gasteiger partial charge on any atom is 0.181 e. The molecule has 2 aromatic heterocycles. The second-order valence-corrected chi connectivity index (χ2v) is 5.19. The van der Waals surface area contributed by atoms with Gasteiger partial charge in [-0.25, -0.2) is 4.98 Å². The summed E-state index contributed by atoms with van der Waals surface area (Å²) >= 11 is 3.99. The van der Waals surface area contributed by atoms with E-state index in [1.165, 1.54) is 2.88 Å². The Morgan fingerprint density at radius 1 is 1.58 bits per heavy atom. The van der Waals surface area contributed by atoms with Crippen LogP contribution in [-0.2, 0) is 0 Å². The molecule has 0 saturated heterocycles. The zero-order valence-electron chi connectivity index (χ0n) is 6.34. The third-order valence-electron chi connectivity index (χ3n) is 1.42. The number of rotatable bonds is 1. The van der Waals surface area contributed by atoms with Crippen molar-refractivity contribution in [3.8, 4) is 11.4 Å². The summed E-state index contributed by atoms with van der Waals surface area (Å²) in [5.74, 6) is 1.64. The van der Waals surface area contributed by atoms with Crippen LogP contribution in [0.4, 0.5) is 0 Å². The summed E-state index contributed by atoms with van der Waals surface area (Å²) in [5, 5.41) is 8.94. The molecule has 0 amide bonds. The number of hydrogen-bond donors (Lipinski definition) is 1. The normalized spacial score (nSPS) is 10.5. The highest BCUT2D eigenvalue weighted by atomic mass is 127. The summed E-state index contributed by atoms with van der Waals surface area (Å²) in [4.78, 5) is 4.23. The van der Waals surface area contributed by atoms with Gasteiger partial charge in [-0.2, -0.15) is 5.10 Å². The summed E-state index contributed by atoms with van der Waals surface area (Å²) in [6.45, 7) is 1.90. The van der Waals surface area contributed by atoms with E-state index in [0.29, 0.717) is 0 Å². The monoisotopic (exact) mass is 291 g/mol. The molecule has 0 spiro atoms. The molecule has 2 rings (SSSR count). The average Bonchev–Trinajstić information content (AvgIpc) is 2.58. The summed E-state index contributed by atoms with van der Waals surface area (Å²) in [6.07, 6.45) is 0. The average molecular weight is 291 g/mol. The number of thiophene rings is 1. The van der Waals surface area contributed by atoms with Crippen molar-refractivity contribution in [1.29, 1.82) is 0 Å². The number of nitrogens with one attached hydrogen (secondary N) is 1. The number of aryl methyl sites for hydroxylation is 1. The highest BCUT2D eigenvalue weighted by Crippen LogP contribution is 2.23. The van der Waals surface area contributed by atoms with Gasteiger partial charge in [-0.05, 0) is 35.6 Å². The molecule has 0 aliphatic rings. The summed E-state index contributed by atoms with van der Waals surface area (Å²) < 4.78 is 1.25. The predicted octanol–water partition coefficient (Wildman–Crippen LogP) is 2.45.